The minimum absolute atomic E-state index is 0.112. The van der Waals surface area contributed by atoms with Gasteiger partial charge in [0.15, 0.2) is 0 Å². The number of aryl methyl sites for hydroxylation is 3. The van der Waals surface area contributed by atoms with Gasteiger partial charge in [0.1, 0.15) is 43.4 Å². The molecule has 0 heterocycles. The fourth-order valence-corrected chi connectivity index (χ4v) is 8.62. The highest BCUT2D eigenvalue weighted by atomic mass is 19.1. The highest BCUT2D eigenvalue weighted by Crippen LogP contribution is 2.41. The second kappa shape index (κ2) is 27.4. The van der Waals surface area contributed by atoms with E-state index in [1.807, 2.05) is 30.3 Å². The van der Waals surface area contributed by atoms with E-state index in [9.17, 15) is 19.2 Å². The number of carbonyl (C=O) groups is 4. The third-order valence-corrected chi connectivity index (χ3v) is 12.8. The summed E-state index contributed by atoms with van der Waals surface area (Å²) in [6, 6.07) is 16.0. The zero-order valence-electron chi connectivity index (χ0n) is 42.2. The number of halogens is 1. The van der Waals surface area contributed by atoms with Crippen molar-refractivity contribution in [2.24, 2.45) is 17.1 Å². The molecule has 0 radical (unpaired) electrons. The van der Waals surface area contributed by atoms with Crippen LogP contribution < -0.4 is 10.5 Å². The van der Waals surface area contributed by atoms with Crippen molar-refractivity contribution < 1.29 is 47.3 Å². The van der Waals surface area contributed by atoms with Crippen molar-refractivity contribution in [2.75, 3.05) is 39.6 Å². The summed E-state index contributed by atoms with van der Waals surface area (Å²) in [6.07, 6.45) is 12.4. The molecule has 1 aliphatic carbocycles. The van der Waals surface area contributed by atoms with Crippen LogP contribution in [0.3, 0.4) is 0 Å². The average Bonchev–Trinajstić information content (AvgIpc) is 3.33. The molecule has 11 heteroatoms. The Bertz CT molecular complexity index is 2250. The molecule has 10 nitrogen and oxygen atoms in total. The van der Waals surface area contributed by atoms with Crippen molar-refractivity contribution in [3.8, 4) is 28.0 Å². The number of carbonyl (C=O) groups excluding carboxylic acids is 4. The van der Waals surface area contributed by atoms with Crippen molar-refractivity contribution in [1.29, 1.82) is 0 Å². The fourth-order valence-electron chi connectivity index (χ4n) is 8.62. The third kappa shape index (κ3) is 16.7. The summed E-state index contributed by atoms with van der Waals surface area (Å²) in [5.74, 6) is -1.13. The summed E-state index contributed by atoms with van der Waals surface area (Å²) in [6.45, 7) is 24.3. The number of unbranched alkanes of at least 4 members (excludes halogenated alkanes) is 2. The van der Waals surface area contributed by atoms with Crippen LogP contribution in [0.15, 0.2) is 97.1 Å². The van der Waals surface area contributed by atoms with Crippen molar-refractivity contribution in [3.63, 3.8) is 0 Å². The van der Waals surface area contributed by atoms with Gasteiger partial charge in [0.2, 0.25) is 0 Å². The monoisotopic (exact) mass is 950 g/mol. The lowest BCUT2D eigenvalue weighted by atomic mass is 9.77. The Morgan fingerprint density at radius 2 is 1.14 bits per heavy atom. The van der Waals surface area contributed by atoms with Crippen molar-refractivity contribution >= 4 is 23.9 Å². The quantitative estimate of drug-likeness (QED) is 0.0324. The zero-order chi connectivity index (χ0) is 50.7. The first-order valence-electron chi connectivity index (χ1n) is 24.6. The minimum Gasteiger partial charge on any atom is -0.492 e. The van der Waals surface area contributed by atoms with Crippen LogP contribution in [-0.4, -0.2) is 63.5 Å². The lowest BCUT2D eigenvalue weighted by Gasteiger charge is -2.33. The Balaban J connectivity index is 1.77. The number of esters is 4. The molecule has 0 unspecified atom stereocenters. The first-order valence-corrected chi connectivity index (χ1v) is 24.6. The number of nitrogens with two attached hydrogens (primary N) is 1. The van der Waals surface area contributed by atoms with E-state index in [4.69, 9.17) is 29.4 Å². The number of benzene rings is 3. The molecule has 0 aromatic heterocycles. The molecule has 2 N–H and O–H groups in total. The van der Waals surface area contributed by atoms with Crippen molar-refractivity contribution in [2.45, 2.75) is 131 Å². The minimum atomic E-state index is -1.41. The van der Waals surface area contributed by atoms with E-state index in [-0.39, 0.29) is 61.1 Å². The van der Waals surface area contributed by atoms with Gasteiger partial charge in [-0.25, -0.2) is 23.6 Å². The van der Waals surface area contributed by atoms with Crippen LogP contribution in [0.25, 0.3) is 22.3 Å². The second-order valence-electron chi connectivity index (χ2n) is 19.1. The molecule has 374 valence electrons. The largest absolute Gasteiger partial charge is 0.492 e. The number of rotatable bonds is 28. The van der Waals surface area contributed by atoms with Gasteiger partial charge in [-0.15, -0.1) is 0 Å². The lowest BCUT2D eigenvalue weighted by molar-refractivity contribution is -0.159. The molecule has 0 saturated heterocycles. The Kier molecular flexibility index (Phi) is 22.1. The maximum absolute atomic E-state index is 16.2. The van der Waals surface area contributed by atoms with Gasteiger partial charge in [0, 0.05) is 27.9 Å². The van der Waals surface area contributed by atoms with Gasteiger partial charge in [0.25, 0.3) is 0 Å². The van der Waals surface area contributed by atoms with Gasteiger partial charge >= 0.3 is 23.9 Å². The van der Waals surface area contributed by atoms with Gasteiger partial charge in [-0.1, -0.05) is 96.2 Å². The van der Waals surface area contributed by atoms with E-state index in [1.165, 1.54) is 59.3 Å². The molecule has 3 aromatic carbocycles. The number of hydrogen-bond donors (Lipinski definition) is 1. The Labute approximate surface area is 410 Å². The molecular formula is C58H76FNO9. The predicted molar refractivity (Wildman–Crippen MR) is 272 cm³/mol. The molecule has 1 aliphatic rings. The molecule has 0 spiro atoms. The highest BCUT2D eigenvalue weighted by Gasteiger charge is 2.38. The van der Waals surface area contributed by atoms with Crippen LogP contribution in [0.4, 0.5) is 4.39 Å². The molecule has 3 aromatic rings. The normalized spacial score (nSPS) is 14.6. The van der Waals surface area contributed by atoms with E-state index in [1.54, 1.807) is 13.0 Å². The van der Waals surface area contributed by atoms with E-state index in [0.29, 0.717) is 55.9 Å². The van der Waals surface area contributed by atoms with Crippen LogP contribution in [0, 0.1) is 17.2 Å². The van der Waals surface area contributed by atoms with E-state index in [2.05, 4.69) is 52.3 Å². The van der Waals surface area contributed by atoms with Crippen LogP contribution >= 0.6 is 0 Å². The van der Waals surface area contributed by atoms with Gasteiger partial charge in [-0.3, -0.25) is 0 Å². The molecule has 69 heavy (non-hydrogen) atoms. The predicted octanol–water partition coefficient (Wildman–Crippen LogP) is 12.2. The van der Waals surface area contributed by atoms with Crippen LogP contribution in [0.2, 0.25) is 0 Å². The second-order valence-corrected chi connectivity index (χ2v) is 19.1. The number of hydrogen-bond acceptors (Lipinski definition) is 10. The fraction of sp³-hybridized carbons (Fsp3) is 0.483. The van der Waals surface area contributed by atoms with Crippen molar-refractivity contribution in [1.82, 2.24) is 0 Å². The van der Waals surface area contributed by atoms with Gasteiger partial charge in [-0.2, -0.15) is 0 Å². The van der Waals surface area contributed by atoms with Crippen LogP contribution in [0.1, 0.15) is 134 Å². The molecule has 4 rings (SSSR count). The SMILES string of the molecule is C=C(C)C(=O)OCCCc1cc(-c2ccc(-c3ccc(C4CCC(CCCCC)CC4)cc3F)c(CC)c2)cc(CCCN)c1OCC(COC(=O)C(=C)C)(COC(=O)C(=C)C)COC(=O)C(=C)C. The van der Waals surface area contributed by atoms with Gasteiger partial charge in [0.05, 0.1) is 6.61 Å². The van der Waals surface area contributed by atoms with E-state index in [0.717, 1.165) is 57.7 Å². The lowest BCUT2D eigenvalue weighted by Crippen LogP contribution is -2.44. The molecule has 1 saturated carbocycles. The first kappa shape index (κ1) is 55.8. The Morgan fingerprint density at radius 3 is 1.65 bits per heavy atom. The zero-order valence-corrected chi connectivity index (χ0v) is 42.2. The van der Waals surface area contributed by atoms with Crippen molar-refractivity contribution in [3.05, 3.63) is 125 Å². The molecule has 0 aliphatic heterocycles. The molecule has 1 fully saturated rings. The third-order valence-electron chi connectivity index (χ3n) is 12.8. The van der Waals surface area contributed by atoms with Crippen LogP contribution in [0.5, 0.6) is 5.75 Å². The maximum atomic E-state index is 16.2. The van der Waals surface area contributed by atoms with Gasteiger partial charge in [-0.05, 0) is 161 Å². The first-order chi connectivity index (χ1) is 32.9. The van der Waals surface area contributed by atoms with E-state index < -0.39 is 29.3 Å². The number of ether oxygens (including phenoxy) is 5. The topological polar surface area (TPSA) is 140 Å². The molecule has 0 atom stereocenters. The summed E-state index contributed by atoms with van der Waals surface area (Å²) < 4.78 is 45.4. The summed E-state index contributed by atoms with van der Waals surface area (Å²) in [5, 5.41) is 0. The Hall–Kier alpha value is -5.81. The standard InChI is InChI=1S/C58H76FNO9/c1-11-13-14-17-42-20-22-44(23-21-42)46-25-27-51(52(59)33-46)50-26-24-45(30-43(50)12-2)49-31-47(18-15-28-60)53(48(32-49)19-16-29-65-54(61)38(3)4)66-34-58(35-67-55(62)39(5)6,36-68-56(63)40(7)8)37-69-57(64)41(9)10/h24-27,30-33,42,44H,3,5,7,9,11-23,28-29,34-37,60H2,1-2,4,6,8,10H3. The summed E-state index contributed by atoms with van der Waals surface area (Å²) in [5.41, 5.74) is 12.3. The van der Waals surface area contributed by atoms with Crippen LogP contribution in [-0.2, 0) is 57.4 Å². The summed E-state index contributed by atoms with van der Waals surface area (Å²) in [4.78, 5) is 50.7. The summed E-state index contributed by atoms with van der Waals surface area (Å²) >= 11 is 0. The molecule has 0 bridgehead atoms. The highest BCUT2D eigenvalue weighted by molar-refractivity contribution is 5.88. The van der Waals surface area contributed by atoms with E-state index >= 15 is 4.39 Å². The molecule has 0 amide bonds. The average molecular weight is 950 g/mol. The molecular weight excluding hydrogens is 874 g/mol. The Morgan fingerprint density at radius 1 is 0.623 bits per heavy atom. The summed E-state index contributed by atoms with van der Waals surface area (Å²) in [7, 11) is 0. The maximum Gasteiger partial charge on any atom is 0.333 e. The smallest absolute Gasteiger partial charge is 0.333 e. The van der Waals surface area contributed by atoms with Gasteiger partial charge < -0.3 is 29.4 Å².